The van der Waals surface area contributed by atoms with E-state index in [4.69, 9.17) is 4.74 Å². The minimum atomic E-state index is -0.211. The van der Waals surface area contributed by atoms with Crippen molar-refractivity contribution < 1.29 is 13.9 Å². The highest BCUT2D eigenvalue weighted by molar-refractivity contribution is 5.75. The maximum atomic E-state index is 12.7. The number of amides is 1. The van der Waals surface area contributed by atoms with Gasteiger partial charge in [0.05, 0.1) is 12.7 Å². The third kappa shape index (κ3) is 7.89. The second-order valence-electron chi connectivity index (χ2n) is 5.10. The lowest BCUT2D eigenvalue weighted by Crippen LogP contribution is -2.27. The van der Waals surface area contributed by atoms with Crippen LogP contribution in [0, 0.1) is 5.82 Å². The van der Waals surface area contributed by atoms with Crippen LogP contribution in [0.25, 0.3) is 0 Å². The Bertz CT molecular complexity index is 390. The molecule has 0 heterocycles. The van der Waals surface area contributed by atoms with Gasteiger partial charge in [-0.15, -0.1) is 0 Å². The van der Waals surface area contributed by atoms with Crippen molar-refractivity contribution in [2.75, 3.05) is 13.2 Å². The Kier molecular flexibility index (Phi) is 7.88. The van der Waals surface area contributed by atoms with Crippen LogP contribution in [0.1, 0.15) is 38.7 Å². The first-order chi connectivity index (χ1) is 9.58. The number of ether oxygens (including phenoxy) is 1. The Hall–Kier alpha value is -1.42. The lowest BCUT2D eigenvalue weighted by molar-refractivity contribution is -0.121. The Morgan fingerprint density at radius 2 is 1.95 bits per heavy atom. The van der Waals surface area contributed by atoms with Crippen molar-refractivity contribution in [3.05, 3.63) is 35.6 Å². The maximum absolute atomic E-state index is 12.7. The number of unbranched alkanes of at least 4 members (excludes halogenated alkanes) is 1. The smallest absolute Gasteiger partial charge is 0.220 e. The molecule has 20 heavy (non-hydrogen) atoms. The van der Waals surface area contributed by atoms with Crippen LogP contribution in [0.15, 0.2) is 24.3 Å². The lowest BCUT2D eigenvalue weighted by Gasteiger charge is -2.08. The van der Waals surface area contributed by atoms with Crippen LogP contribution in [-0.2, 0) is 16.0 Å². The first-order valence-corrected chi connectivity index (χ1v) is 7.20. The van der Waals surface area contributed by atoms with Gasteiger partial charge in [-0.05, 0) is 50.8 Å². The van der Waals surface area contributed by atoms with Gasteiger partial charge in [-0.25, -0.2) is 4.39 Å². The molecule has 1 aromatic rings. The minimum Gasteiger partial charge on any atom is -0.377 e. The minimum absolute atomic E-state index is 0.0662. The first kappa shape index (κ1) is 16.6. The monoisotopic (exact) mass is 281 g/mol. The summed E-state index contributed by atoms with van der Waals surface area (Å²) in [6.07, 6.45) is 3.38. The van der Waals surface area contributed by atoms with Gasteiger partial charge in [-0.1, -0.05) is 12.1 Å². The van der Waals surface area contributed by atoms with Crippen LogP contribution in [0.5, 0.6) is 0 Å². The number of benzene rings is 1. The number of carbonyl (C=O) groups excluding carboxylic acids is 1. The highest BCUT2D eigenvalue weighted by atomic mass is 19.1. The van der Waals surface area contributed by atoms with E-state index in [1.165, 1.54) is 12.1 Å². The number of rotatable bonds is 9. The molecule has 0 bridgehead atoms. The molecule has 0 saturated heterocycles. The van der Waals surface area contributed by atoms with Gasteiger partial charge in [0.2, 0.25) is 5.91 Å². The third-order valence-electron chi connectivity index (χ3n) is 2.91. The zero-order valence-corrected chi connectivity index (χ0v) is 12.3. The molecule has 1 aromatic carbocycles. The second kappa shape index (κ2) is 9.48. The SMILES string of the molecule is CC(C)OCCNC(=O)CCCCc1ccc(F)cc1. The molecule has 0 aliphatic heterocycles. The van der Waals surface area contributed by atoms with Gasteiger partial charge < -0.3 is 10.1 Å². The van der Waals surface area contributed by atoms with Crippen LogP contribution in [0.2, 0.25) is 0 Å². The molecule has 0 aliphatic carbocycles. The zero-order chi connectivity index (χ0) is 14.8. The predicted octanol–water partition coefficient (Wildman–Crippen LogP) is 3.08. The van der Waals surface area contributed by atoms with Gasteiger partial charge in [0.25, 0.3) is 0 Å². The van der Waals surface area contributed by atoms with E-state index >= 15 is 0 Å². The van der Waals surface area contributed by atoms with Gasteiger partial charge in [0.15, 0.2) is 0 Å². The number of hydrogen-bond acceptors (Lipinski definition) is 2. The summed E-state index contributed by atoms with van der Waals surface area (Å²) in [4.78, 5) is 11.5. The Morgan fingerprint density at radius 3 is 2.60 bits per heavy atom. The average molecular weight is 281 g/mol. The molecule has 0 spiro atoms. The zero-order valence-electron chi connectivity index (χ0n) is 12.3. The highest BCUT2D eigenvalue weighted by Gasteiger charge is 2.01. The van der Waals surface area contributed by atoms with E-state index in [2.05, 4.69) is 5.32 Å². The largest absolute Gasteiger partial charge is 0.377 e. The van der Waals surface area contributed by atoms with Crippen molar-refractivity contribution in [2.24, 2.45) is 0 Å². The van der Waals surface area contributed by atoms with Crippen molar-refractivity contribution in [1.29, 1.82) is 0 Å². The summed E-state index contributed by atoms with van der Waals surface area (Å²) in [7, 11) is 0. The normalized spacial score (nSPS) is 10.8. The molecule has 0 aliphatic rings. The van der Waals surface area contributed by atoms with E-state index in [0.29, 0.717) is 19.6 Å². The molecule has 0 fully saturated rings. The van der Waals surface area contributed by atoms with Gasteiger partial charge in [-0.3, -0.25) is 4.79 Å². The Balaban J connectivity index is 2.03. The number of halogens is 1. The van der Waals surface area contributed by atoms with Gasteiger partial charge in [0, 0.05) is 13.0 Å². The summed E-state index contributed by atoms with van der Waals surface area (Å²) in [5, 5.41) is 2.83. The van der Waals surface area contributed by atoms with E-state index in [0.717, 1.165) is 24.8 Å². The topological polar surface area (TPSA) is 38.3 Å². The fourth-order valence-corrected chi connectivity index (χ4v) is 1.84. The van der Waals surface area contributed by atoms with Crippen molar-refractivity contribution in [1.82, 2.24) is 5.32 Å². The second-order valence-corrected chi connectivity index (χ2v) is 5.10. The van der Waals surface area contributed by atoms with Gasteiger partial charge >= 0.3 is 0 Å². The van der Waals surface area contributed by atoms with Crippen LogP contribution < -0.4 is 5.32 Å². The van der Waals surface area contributed by atoms with Crippen molar-refractivity contribution in [3.63, 3.8) is 0 Å². The summed E-state index contributed by atoms with van der Waals surface area (Å²) < 4.78 is 18.1. The molecule has 0 aromatic heterocycles. The molecule has 112 valence electrons. The van der Waals surface area contributed by atoms with Crippen LogP contribution in [0.3, 0.4) is 0 Å². The van der Waals surface area contributed by atoms with Crippen molar-refractivity contribution in [3.8, 4) is 0 Å². The fraction of sp³-hybridized carbons (Fsp3) is 0.562. The molecular weight excluding hydrogens is 257 g/mol. The van der Waals surface area contributed by atoms with E-state index in [-0.39, 0.29) is 17.8 Å². The van der Waals surface area contributed by atoms with E-state index < -0.39 is 0 Å². The van der Waals surface area contributed by atoms with Gasteiger partial charge in [0.1, 0.15) is 5.82 Å². The molecule has 0 atom stereocenters. The van der Waals surface area contributed by atoms with Crippen molar-refractivity contribution >= 4 is 5.91 Å². The Morgan fingerprint density at radius 1 is 1.25 bits per heavy atom. The lowest BCUT2D eigenvalue weighted by atomic mass is 10.1. The van der Waals surface area contributed by atoms with Crippen LogP contribution in [0.4, 0.5) is 4.39 Å². The maximum Gasteiger partial charge on any atom is 0.220 e. The fourth-order valence-electron chi connectivity index (χ4n) is 1.84. The third-order valence-corrected chi connectivity index (χ3v) is 2.91. The summed E-state index contributed by atoms with van der Waals surface area (Å²) in [6, 6.07) is 6.52. The van der Waals surface area contributed by atoms with E-state index in [1.807, 2.05) is 13.8 Å². The highest BCUT2D eigenvalue weighted by Crippen LogP contribution is 2.08. The summed E-state index contributed by atoms with van der Waals surface area (Å²) in [5.74, 6) is -0.145. The Labute approximate surface area is 120 Å². The molecule has 1 amide bonds. The number of aryl methyl sites for hydroxylation is 1. The van der Waals surface area contributed by atoms with Crippen molar-refractivity contribution in [2.45, 2.75) is 45.6 Å². The quantitative estimate of drug-likeness (QED) is 0.706. The summed E-state index contributed by atoms with van der Waals surface area (Å²) in [6.45, 7) is 5.06. The molecule has 4 heteroatoms. The predicted molar refractivity (Wildman–Crippen MR) is 78.1 cm³/mol. The van der Waals surface area contributed by atoms with E-state index in [1.54, 1.807) is 12.1 Å². The standard InChI is InChI=1S/C16H24FNO2/c1-13(2)20-12-11-18-16(19)6-4-3-5-14-7-9-15(17)10-8-14/h7-10,13H,3-6,11-12H2,1-2H3,(H,18,19). The van der Waals surface area contributed by atoms with Gasteiger partial charge in [-0.2, -0.15) is 0 Å². The molecule has 3 nitrogen and oxygen atoms in total. The molecule has 0 saturated carbocycles. The first-order valence-electron chi connectivity index (χ1n) is 7.20. The summed E-state index contributed by atoms with van der Waals surface area (Å²) in [5.41, 5.74) is 1.11. The summed E-state index contributed by atoms with van der Waals surface area (Å²) >= 11 is 0. The number of carbonyl (C=O) groups is 1. The number of hydrogen-bond donors (Lipinski definition) is 1. The molecule has 1 rings (SSSR count). The van der Waals surface area contributed by atoms with E-state index in [9.17, 15) is 9.18 Å². The molecule has 0 radical (unpaired) electrons. The molecular formula is C16H24FNO2. The average Bonchev–Trinajstić information content (AvgIpc) is 2.41. The number of nitrogens with one attached hydrogen (secondary N) is 1. The van der Waals surface area contributed by atoms with Crippen LogP contribution >= 0.6 is 0 Å². The van der Waals surface area contributed by atoms with Crippen LogP contribution in [-0.4, -0.2) is 25.2 Å². The molecule has 1 N–H and O–H groups in total. The molecule has 0 unspecified atom stereocenters.